The Morgan fingerprint density at radius 1 is 0.935 bits per heavy atom. The van der Waals surface area contributed by atoms with Crippen LogP contribution in [0.4, 0.5) is 20.2 Å². The summed E-state index contributed by atoms with van der Waals surface area (Å²) in [6, 6.07) is 18.4. The third-order valence-electron chi connectivity index (χ3n) is 4.66. The molecule has 0 spiro atoms. The lowest BCUT2D eigenvalue weighted by Crippen LogP contribution is -2.18. The molecule has 0 aliphatic carbocycles. The van der Waals surface area contributed by atoms with E-state index in [1.54, 1.807) is 30.3 Å². The zero-order valence-electron chi connectivity index (χ0n) is 16.4. The lowest BCUT2D eigenvalue weighted by molar-refractivity contribution is 0.102. The minimum absolute atomic E-state index is 0.242. The van der Waals surface area contributed by atoms with E-state index >= 15 is 0 Å². The third-order valence-corrected chi connectivity index (χ3v) is 4.66. The summed E-state index contributed by atoms with van der Waals surface area (Å²) >= 11 is 0. The maximum atomic E-state index is 12.8. The van der Waals surface area contributed by atoms with E-state index in [0.717, 1.165) is 5.56 Å². The number of nitrogens with one attached hydrogen (secondary N) is 3. The van der Waals surface area contributed by atoms with Crippen LogP contribution >= 0.6 is 0 Å². The van der Waals surface area contributed by atoms with Crippen LogP contribution in [0.25, 0.3) is 11.0 Å². The van der Waals surface area contributed by atoms with Gasteiger partial charge in [-0.15, -0.1) is 0 Å². The number of anilines is 2. The molecular weight excluding hydrogens is 402 g/mol. The van der Waals surface area contributed by atoms with E-state index in [9.17, 15) is 18.4 Å². The summed E-state index contributed by atoms with van der Waals surface area (Å²) in [7, 11) is 0. The largest absolute Gasteiger partial charge is 0.337 e. The predicted molar refractivity (Wildman–Crippen MR) is 115 cm³/mol. The van der Waals surface area contributed by atoms with Crippen LogP contribution in [0.15, 0.2) is 66.7 Å². The van der Waals surface area contributed by atoms with Gasteiger partial charge >= 0.3 is 0 Å². The molecule has 0 bridgehead atoms. The van der Waals surface area contributed by atoms with Gasteiger partial charge in [0.25, 0.3) is 18.2 Å². The van der Waals surface area contributed by atoms with E-state index in [-0.39, 0.29) is 11.5 Å². The van der Waals surface area contributed by atoms with Gasteiger partial charge in [0.2, 0.25) is 0 Å². The highest BCUT2D eigenvalue weighted by molar-refractivity contribution is 6.13. The number of carbonyl (C=O) groups excluding carboxylic acids is 2. The second kappa shape index (κ2) is 8.35. The molecule has 2 amide bonds. The van der Waals surface area contributed by atoms with E-state index < -0.39 is 18.2 Å². The zero-order chi connectivity index (χ0) is 22.0. The molecule has 4 rings (SSSR count). The Bertz CT molecular complexity index is 1280. The van der Waals surface area contributed by atoms with Crippen LogP contribution in [-0.2, 0) is 0 Å². The van der Waals surface area contributed by atoms with Crippen LogP contribution in [0.2, 0.25) is 0 Å². The summed E-state index contributed by atoms with van der Waals surface area (Å²) in [5.41, 5.74) is 3.17. The van der Waals surface area contributed by atoms with Gasteiger partial charge < -0.3 is 15.6 Å². The van der Waals surface area contributed by atoms with Crippen LogP contribution < -0.4 is 10.6 Å². The van der Waals surface area contributed by atoms with Crippen LogP contribution in [0.5, 0.6) is 0 Å². The van der Waals surface area contributed by atoms with E-state index in [2.05, 4.69) is 20.6 Å². The molecule has 1 aromatic heterocycles. The topological polar surface area (TPSA) is 86.9 Å². The van der Waals surface area contributed by atoms with Crippen molar-refractivity contribution in [2.24, 2.45) is 0 Å². The summed E-state index contributed by atoms with van der Waals surface area (Å²) in [6.45, 7) is 1.92. The number of aryl methyl sites for hydroxylation is 1. The summed E-state index contributed by atoms with van der Waals surface area (Å²) < 4.78 is 25.7. The molecule has 3 aromatic carbocycles. The number of imidazole rings is 1. The Balaban J connectivity index is 1.56. The molecule has 0 saturated carbocycles. The van der Waals surface area contributed by atoms with Crippen molar-refractivity contribution in [1.29, 1.82) is 0 Å². The first-order valence-corrected chi connectivity index (χ1v) is 9.47. The normalized spacial score (nSPS) is 11.0. The molecular formula is C23H18F2N4O2. The van der Waals surface area contributed by atoms with E-state index in [0.29, 0.717) is 28.0 Å². The SMILES string of the molecule is Cc1cccc(NC(=O)c2ccccc2NC(=O)c2ccc3nc(C(F)F)[nH]c3c2)c1. The lowest BCUT2D eigenvalue weighted by atomic mass is 10.1. The Hall–Kier alpha value is -4.07. The molecule has 156 valence electrons. The molecule has 31 heavy (non-hydrogen) atoms. The molecule has 0 saturated heterocycles. The number of hydrogen-bond acceptors (Lipinski definition) is 3. The van der Waals surface area contributed by atoms with Gasteiger partial charge in [0.15, 0.2) is 5.82 Å². The number of carbonyl (C=O) groups is 2. The fourth-order valence-electron chi connectivity index (χ4n) is 3.18. The number of alkyl halides is 2. The van der Waals surface area contributed by atoms with Crippen molar-refractivity contribution in [3.8, 4) is 0 Å². The van der Waals surface area contributed by atoms with Gasteiger partial charge in [0.1, 0.15) is 0 Å². The molecule has 6 nitrogen and oxygen atoms in total. The minimum atomic E-state index is -2.73. The van der Waals surface area contributed by atoms with Crippen LogP contribution in [0.1, 0.15) is 38.5 Å². The van der Waals surface area contributed by atoms with Crippen molar-refractivity contribution in [2.75, 3.05) is 10.6 Å². The van der Waals surface area contributed by atoms with Gasteiger partial charge in [0, 0.05) is 11.3 Å². The number of fused-ring (bicyclic) bond motifs is 1. The zero-order valence-corrected chi connectivity index (χ0v) is 16.4. The summed E-state index contributed by atoms with van der Waals surface area (Å²) in [4.78, 5) is 31.8. The van der Waals surface area contributed by atoms with Crippen molar-refractivity contribution < 1.29 is 18.4 Å². The molecule has 0 fully saturated rings. The third kappa shape index (κ3) is 4.42. The molecule has 0 radical (unpaired) electrons. The molecule has 3 N–H and O–H groups in total. The molecule has 0 unspecified atom stereocenters. The Morgan fingerprint density at radius 2 is 1.74 bits per heavy atom. The average Bonchev–Trinajstić information content (AvgIpc) is 3.18. The van der Waals surface area contributed by atoms with Crippen LogP contribution in [-0.4, -0.2) is 21.8 Å². The van der Waals surface area contributed by atoms with Crippen LogP contribution in [0, 0.1) is 6.92 Å². The molecule has 1 heterocycles. The molecule has 8 heteroatoms. The van der Waals surface area contributed by atoms with Crippen molar-refractivity contribution in [1.82, 2.24) is 9.97 Å². The number of aromatic amines is 1. The first-order valence-electron chi connectivity index (χ1n) is 9.47. The van der Waals surface area contributed by atoms with Crippen molar-refractivity contribution in [3.05, 3.63) is 89.2 Å². The number of hydrogen-bond donors (Lipinski definition) is 3. The first kappa shape index (κ1) is 20.2. The van der Waals surface area contributed by atoms with Gasteiger partial charge in [-0.1, -0.05) is 24.3 Å². The van der Waals surface area contributed by atoms with Gasteiger partial charge in [0.05, 0.1) is 22.3 Å². The monoisotopic (exact) mass is 420 g/mol. The van der Waals surface area contributed by atoms with Crippen molar-refractivity contribution in [3.63, 3.8) is 0 Å². The van der Waals surface area contributed by atoms with E-state index in [1.165, 1.54) is 18.2 Å². The summed E-state index contributed by atoms with van der Waals surface area (Å²) in [6.07, 6.45) is -2.73. The van der Waals surface area contributed by atoms with Crippen molar-refractivity contribution in [2.45, 2.75) is 13.3 Å². The predicted octanol–water partition coefficient (Wildman–Crippen LogP) is 5.31. The smallest absolute Gasteiger partial charge is 0.295 e. The van der Waals surface area contributed by atoms with Gasteiger partial charge in [-0.05, 0) is 55.0 Å². The first-order chi connectivity index (χ1) is 14.9. The summed E-state index contributed by atoms with van der Waals surface area (Å²) in [5.74, 6) is -1.30. The van der Waals surface area contributed by atoms with Crippen molar-refractivity contribution >= 4 is 34.2 Å². The van der Waals surface area contributed by atoms with E-state index in [1.807, 2.05) is 25.1 Å². The highest BCUT2D eigenvalue weighted by Crippen LogP contribution is 2.22. The van der Waals surface area contributed by atoms with Gasteiger partial charge in [-0.3, -0.25) is 9.59 Å². The highest BCUT2D eigenvalue weighted by Gasteiger charge is 2.17. The maximum absolute atomic E-state index is 12.8. The quantitative estimate of drug-likeness (QED) is 0.409. The number of aromatic nitrogens is 2. The number of benzene rings is 3. The molecule has 0 atom stereocenters. The number of para-hydroxylation sites is 1. The fourth-order valence-corrected chi connectivity index (χ4v) is 3.18. The van der Waals surface area contributed by atoms with Gasteiger partial charge in [-0.25, -0.2) is 13.8 Å². The Kier molecular flexibility index (Phi) is 5.44. The van der Waals surface area contributed by atoms with Crippen LogP contribution in [0.3, 0.4) is 0 Å². The molecule has 0 aliphatic heterocycles. The van der Waals surface area contributed by atoms with E-state index in [4.69, 9.17) is 0 Å². The number of nitrogens with zero attached hydrogens (tertiary/aromatic N) is 1. The second-order valence-electron chi connectivity index (χ2n) is 6.98. The second-order valence-corrected chi connectivity index (χ2v) is 6.98. The lowest BCUT2D eigenvalue weighted by Gasteiger charge is -2.12. The van der Waals surface area contributed by atoms with Gasteiger partial charge in [-0.2, -0.15) is 0 Å². The molecule has 4 aromatic rings. The summed E-state index contributed by atoms with van der Waals surface area (Å²) in [5, 5.41) is 5.53. The average molecular weight is 420 g/mol. The maximum Gasteiger partial charge on any atom is 0.295 e. The standard InChI is InChI=1S/C23H18F2N4O2/c1-13-5-4-6-15(11-13)26-23(31)16-7-2-3-8-17(16)29-22(30)14-9-10-18-19(12-14)28-21(27-18)20(24)25/h2-12,20H,1H3,(H,26,31)(H,27,28)(H,29,30). The fraction of sp³-hybridized carbons (Fsp3) is 0.0870. The molecule has 0 aliphatic rings. The number of rotatable bonds is 5. The number of H-pyrrole nitrogens is 1. The Morgan fingerprint density at radius 3 is 2.52 bits per heavy atom. The Labute approximate surface area is 176 Å². The number of amides is 2. The minimum Gasteiger partial charge on any atom is -0.337 e. The highest BCUT2D eigenvalue weighted by atomic mass is 19.3. The number of halogens is 2.